The standard InChI is InChI=1S/C15H22N2O4S/c1-21-13-4-2-12(3-5-13)16-6-8-17(9-7-16)14-10-22(19,20)11-15(14)18/h2-5,14-15,18H,6-11H2,1H3/p+1/t14-,15+/m1/s1. The molecular formula is C15H23N2O4S+. The predicted molar refractivity (Wildman–Crippen MR) is 84.4 cm³/mol. The monoisotopic (exact) mass is 327 g/mol. The first-order valence-electron chi connectivity index (χ1n) is 7.60. The molecule has 0 unspecified atom stereocenters. The molecule has 2 aliphatic heterocycles. The Morgan fingerprint density at radius 2 is 1.82 bits per heavy atom. The van der Waals surface area contributed by atoms with E-state index in [2.05, 4.69) is 4.90 Å². The van der Waals surface area contributed by atoms with Crippen LogP contribution in [0, 0.1) is 0 Å². The van der Waals surface area contributed by atoms with Crippen LogP contribution in [0.25, 0.3) is 0 Å². The summed E-state index contributed by atoms with van der Waals surface area (Å²) >= 11 is 0. The average Bonchev–Trinajstić information content (AvgIpc) is 2.80. The number of ether oxygens (including phenoxy) is 1. The first-order chi connectivity index (χ1) is 10.5. The molecule has 0 spiro atoms. The molecule has 3 rings (SSSR count). The normalized spacial score (nSPS) is 28.7. The van der Waals surface area contributed by atoms with Gasteiger partial charge in [-0.3, -0.25) is 0 Å². The van der Waals surface area contributed by atoms with Crippen LogP contribution in [0.3, 0.4) is 0 Å². The molecule has 2 atom stereocenters. The number of rotatable bonds is 3. The molecule has 2 heterocycles. The largest absolute Gasteiger partial charge is 0.497 e. The molecule has 2 N–H and O–H groups in total. The van der Waals surface area contributed by atoms with E-state index in [4.69, 9.17) is 4.74 Å². The van der Waals surface area contributed by atoms with Gasteiger partial charge >= 0.3 is 0 Å². The maximum absolute atomic E-state index is 11.6. The number of aliphatic hydroxyl groups is 1. The molecule has 122 valence electrons. The molecule has 2 fully saturated rings. The maximum atomic E-state index is 11.6. The summed E-state index contributed by atoms with van der Waals surface area (Å²) in [6, 6.07) is 7.81. The lowest BCUT2D eigenvalue weighted by Gasteiger charge is -2.37. The summed E-state index contributed by atoms with van der Waals surface area (Å²) in [5, 5.41) is 9.99. The van der Waals surface area contributed by atoms with Gasteiger partial charge in [0.1, 0.15) is 23.6 Å². The molecule has 2 aliphatic rings. The Kier molecular flexibility index (Phi) is 4.29. The second-order valence-electron chi connectivity index (χ2n) is 6.09. The zero-order valence-electron chi connectivity index (χ0n) is 12.7. The summed E-state index contributed by atoms with van der Waals surface area (Å²) < 4.78 is 28.5. The van der Waals surface area contributed by atoms with Crippen LogP contribution in [-0.4, -0.2) is 70.5 Å². The van der Waals surface area contributed by atoms with Gasteiger partial charge in [0.05, 0.1) is 39.0 Å². The molecule has 1 aromatic rings. The second-order valence-corrected chi connectivity index (χ2v) is 8.25. The highest BCUT2D eigenvalue weighted by Gasteiger charge is 2.43. The molecule has 2 saturated heterocycles. The Morgan fingerprint density at radius 3 is 2.32 bits per heavy atom. The summed E-state index contributed by atoms with van der Waals surface area (Å²) in [6.45, 7) is 3.43. The quantitative estimate of drug-likeness (QED) is 0.711. The van der Waals surface area contributed by atoms with Crippen molar-refractivity contribution >= 4 is 15.5 Å². The summed E-state index contributed by atoms with van der Waals surface area (Å²) in [7, 11) is -1.41. The SMILES string of the molecule is COc1ccc(N2CC[NH+]([C@@H]3CS(=O)(=O)C[C@@H]3O)CC2)cc1. The number of hydrogen-bond acceptors (Lipinski definition) is 5. The van der Waals surface area contributed by atoms with Crippen LogP contribution in [0.2, 0.25) is 0 Å². The maximum Gasteiger partial charge on any atom is 0.159 e. The number of aliphatic hydroxyl groups excluding tert-OH is 1. The molecule has 22 heavy (non-hydrogen) atoms. The second kappa shape index (κ2) is 6.06. The number of nitrogens with one attached hydrogen (secondary N) is 1. The van der Waals surface area contributed by atoms with Crippen LogP contribution in [0.4, 0.5) is 5.69 Å². The molecule has 6 nitrogen and oxygen atoms in total. The Labute approximate surface area is 131 Å². The first-order valence-corrected chi connectivity index (χ1v) is 9.43. The fraction of sp³-hybridized carbons (Fsp3) is 0.600. The topological polar surface area (TPSA) is 71.3 Å². The molecule has 0 aliphatic carbocycles. The fourth-order valence-electron chi connectivity index (χ4n) is 3.43. The lowest BCUT2D eigenvalue weighted by molar-refractivity contribution is -0.925. The lowest BCUT2D eigenvalue weighted by Crippen LogP contribution is -3.19. The van der Waals surface area contributed by atoms with Crippen molar-refractivity contribution in [2.24, 2.45) is 0 Å². The van der Waals surface area contributed by atoms with E-state index in [-0.39, 0.29) is 17.5 Å². The molecule has 1 aromatic carbocycles. The third-order valence-electron chi connectivity index (χ3n) is 4.69. The molecule has 0 radical (unpaired) electrons. The van der Waals surface area contributed by atoms with Gasteiger partial charge in [0.25, 0.3) is 0 Å². The zero-order valence-corrected chi connectivity index (χ0v) is 13.6. The van der Waals surface area contributed by atoms with Gasteiger partial charge < -0.3 is 19.6 Å². The Bertz CT molecular complexity index is 609. The molecular weight excluding hydrogens is 304 g/mol. The predicted octanol–water partition coefficient (Wildman–Crippen LogP) is -1.44. The number of nitrogens with zero attached hydrogens (tertiary/aromatic N) is 1. The Balaban J connectivity index is 1.60. The van der Waals surface area contributed by atoms with E-state index in [0.29, 0.717) is 0 Å². The minimum absolute atomic E-state index is 0.0800. The Hall–Kier alpha value is -1.31. The lowest BCUT2D eigenvalue weighted by atomic mass is 10.1. The van der Waals surface area contributed by atoms with Crippen molar-refractivity contribution in [3.8, 4) is 5.75 Å². The zero-order chi connectivity index (χ0) is 15.7. The minimum atomic E-state index is -3.07. The van der Waals surface area contributed by atoms with Gasteiger partial charge in [-0.1, -0.05) is 0 Å². The van der Waals surface area contributed by atoms with Crippen molar-refractivity contribution in [1.29, 1.82) is 0 Å². The third-order valence-corrected chi connectivity index (χ3v) is 6.41. The summed E-state index contributed by atoms with van der Waals surface area (Å²) in [5.74, 6) is 0.877. The van der Waals surface area contributed by atoms with Crippen LogP contribution in [0.1, 0.15) is 0 Å². The number of methoxy groups -OCH3 is 1. The van der Waals surface area contributed by atoms with E-state index in [9.17, 15) is 13.5 Å². The van der Waals surface area contributed by atoms with Crippen LogP contribution in [0.15, 0.2) is 24.3 Å². The van der Waals surface area contributed by atoms with Crippen molar-refractivity contribution in [3.63, 3.8) is 0 Å². The van der Waals surface area contributed by atoms with E-state index < -0.39 is 15.9 Å². The van der Waals surface area contributed by atoms with Crippen LogP contribution < -0.4 is 14.5 Å². The molecule has 0 aromatic heterocycles. The fourth-order valence-corrected chi connectivity index (χ4v) is 5.33. The Morgan fingerprint density at radius 1 is 1.18 bits per heavy atom. The van der Waals surface area contributed by atoms with Gasteiger partial charge in [-0.05, 0) is 24.3 Å². The first kappa shape index (κ1) is 15.6. The smallest absolute Gasteiger partial charge is 0.159 e. The number of quaternary nitrogens is 1. The van der Waals surface area contributed by atoms with Gasteiger partial charge in [0.15, 0.2) is 9.84 Å². The third kappa shape index (κ3) is 3.21. The van der Waals surface area contributed by atoms with E-state index >= 15 is 0 Å². The molecule has 0 bridgehead atoms. The number of benzene rings is 1. The number of anilines is 1. The van der Waals surface area contributed by atoms with Gasteiger partial charge in [-0.15, -0.1) is 0 Å². The van der Waals surface area contributed by atoms with E-state index in [1.54, 1.807) is 7.11 Å². The van der Waals surface area contributed by atoms with Crippen LogP contribution in [0.5, 0.6) is 5.75 Å². The molecule has 0 amide bonds. The molecule has 7 heteroatoms. The van der Waals surface area contributed by atoms with E-state index in [1.807, 2.05) is 24.3 Å². The number of hydrogen-bond donors (Lipinski definition) is 2. The van der Waals surface area contributed by atoms with Gasteiger partial charge in [-0.2, -0.15) is 0 Å². The van der Waals surface area contributed by atoms with Crippen LogP contribution >= 0.6 is 0 Å². The summed E-state index contributed by atoms with van der Waals surface area (Å²) in [4.78, 5) is 3.50. The molecule has 0 saturated carbocycles. The van der Waals surface area contributed by atoms with Gasteiger partial charge in [-0.25, -0.2) is 8.42 Å². The number of piperazine rings is 1. The van der Waals surface area contributed by atoms with Gasteiger partial charge in [0, 0.05) is 5.69 Å². The van der Waals surface area contributed by atoms with Crippen molar-refractivity contribution in [1.82, 2.24) is 0 Å². The van der Waals surface area contributed by atoms with E-state index in [1.165, 1.54) is 4.90 Å². The average molecular weight is 327 g/mol. The van der Waals surface area contributed by atoms with Crippen molar-refractivity contribution in [2.45, 2.75) is 12.1 Å². The highest BCUT2D eigenvalue weighted by atomic mass is 32.2. The number of sulfone groups is 1. The van der Waals surface area contributed by atoms with Crippen molar-refractivity contribution < 1.29 is 23.2 Å². The van der Waals surface area contributed by atoms with Gasteiger partial charge in [0.2, 0.25) is 0 Å². The minimum Gasteiger partial charge on any atom is -0.497 e. The highest BCUT2D eigenvalue weighted by molar-refractivity contribution is 7.91. The van der Waals surface area contributed by atoms with Crippen LogP contribution in [-0.2, 0) is 9.84 Å². The van der Waals surface area contributed by atoms with Crippen molar-refractivity contribution in [2.75, 3.05) is 49.7 Å². The summed E-state index contributed by atoms with van der Waals surface area (Å²) in [5.41, 5.74) is 1.15. The van der Waals surface area contributed by atoms with Crippen molar-refractivity contribution in [3.05, 3.63) is 24.3 Å². The highest BCUT2D eigenvalue weighted by Crippen LogP contribution is 2.19. The van der Waals surface area contributed by atoms with E-state index in [0.717, 1.165) is 37.6 Å². The summed E-state index contributed by atoms with van der Waals surface area (Å²) in [6.07, 6.45) is -0.715.